The average Bonchev–Trinajstić information content (AvgIpc) is 2.86. The van der Waals surface area contributed by atoms with E-state index in [1.54, 1.807) is 12.1 Å². The van der Waals surface area contributed by atoms with E-state index in [2.05, 4.69) is 21.2 Å². The molecule has 0 aliphatic carbocycles. The van der Waals surface area contributed by atoms with Gasteiger partial charge in [0.25, 0.3) is 0 Å². The lowest BCUT2D eigenvalue weighted by atomic mass is 10.0. The lowest BCUT2D eigenvalue weighted by molar-refractivity contribution is -0.139. The highest BCUT2D eigenvalue weighted by molar-refractivity contribution is 9.10. The lowest BCUT2D eigenvalue weighted by Gasteiger charge is -2.33. The summed E-state index contributed by atoms with van der Waals surface area (Å²) in [6, 6.07) is 21.3. The van der Waals surface area contributed by atoms with Gasteiger partial charge in [-0.2, -0.15) is 0 Å². The van der Waals surface area contributed by atoms with Crippen molar-refractivity contribution in [1.29, 1.82) is 0 Å². The third-order valence-corrected chi connectivity index (χ3v) is 7.85. The van der Waals surface area contributed by atoms with Gasteiger partial charge in [0.2, 0.25) is 21.8 Å². The molecule has 196 valence electrons. The quantitative estimate of drug-likeness (QED) is 0.386. The summed E-state index contributed by atoms with van der Waals surface area (Å²) < 4.78 is 27.6. The van der Waals surface area contributed by atoms with Crippen LogP contribution in [0.5, 0.6) is 0 Å². The molecule has 0 saturated heterocycles. The Labute approximate surface area is 227 Å². The maximum Gasteiger partial charge on any atom is 0.244 e. The second kappa shape index (κ2) is 12.4. The zero-order valence-electron chi connectivity index (χ0n) is 21.4. The van der Waals surface area contributed by atoms with Gasteiger partial charge in [-0.05, 0) is 60.4 Å². The van der Waals surface area contributed by atoms with Crippen molar-refractivity contribution in [2.45, 2.75) is 32.9 Å². The summed E-state index contributed by atoms with van der Waals surface area (Å²) in [5.74, 6) is -0.808. The van der Waals surface area contributed by atoms with Crippen LogP contribution in [0, 0.1) is 13.8 Å². The van der Waals surface area contributed by atoms with Crippen molar-refractivity contribution < 1.29 is 18.0 Å². The highest BCUT2D eigenvalue weighted by atomic mass is 79.9. The number of rotatable bonds is 10. The molecule has 0 saturated carbocycles. The number of anilines is 1. The summed E-state index contributed by atoms with van der Waals surface area (Å²) in [4.78, 5) is 28.5. The first kappa shape index (κ1) is 28.4. The fourth-order valence-electron chi connectivity index (χ4n) is 4.05. The zero-order valence-corrected chi connectivity index (χ0v) is 23.8. The molecular weight excluding hydrogens is 554 g/mol. The number of nitrogens with one attached hydrogen (secondary N) is 1. The maximum absolute atomic E-state index is 13.9. The number of hydrogen-bond donors (Lipinski definition) is 1. The van der Waals surface area contributed by atoms with E-state index in [0.717, 1.165) is 37.3 Å². The van der Waals surface area contributed by atoms with Crippen LogP contribution >= 0.6 is 15.9 Å². The molecular formula is C28H32BrN3O4S. The van der Waals surface area contributed by atoms with Crippen LogP contribution in [0.25, 0.3) is 0 Å². The zero-order chi connectivity index (χ0) is 27.2. The second-order valence-electron chi connectivity index (χ2n) is 9.01. The molecule has 0 bridgehead atoms. The third kappa shape index (κ3) is 7.66. The molecule has 0 aromatic heterocycles. The van der Waals surface area contributed by atoms with Crippen LogP contribution in [0.4, 0.5) is 5.69 Å². The standard InChI is InChI=1S/C28H32BrN3O4S/c1-20-13-14-25(15-21(20)2)32(37(4,35)36)19-27(33)31(18-23-11-8-12-24(29)16-23)26(28(34)30-3)17-22-9-6-5-7-10-22/h5-16,26H,17-19H2,1-4H3,(H,30,34). The molecule has 1 atom stereocenters. The largest absolute Gasteiger partial charge is 0.357 e. The van der Waals surface area contributed by atoms with Crippen LogP contribution in [0.3, 0.4) is 0 Å². The average molecular weight is 587 g/mol. The van der Waals surface area contributed by atoms with Crippen LogP contribution in [0.2, 0.25) is 0 Å². The molecule has 9 heteroatoms. The summed E-state index contributed by atoms with van der Waals surface area (Å²) in [6.45, 7) is 3.53. The van der Waals surface area contributed by atoms with Crippen molar-refractivity contribution in [1.82, 2.24) is 10.2 Å². The van der Waals surface area contributed by atoms with Crippen molar-refractivity contribution in [3.63, 3.8) is 0 Å². The van der Waals surface area contributed by atoms with Crippen LogP contribution in [-0.4, -0.2) is 51.0 Å². The Morgan fingerprint density at radius 2 is 1.59 bits per heavy atom. The summed E-state index contributed by atoms with van der Waals surface area (Å²) in [7, 11) is -2.26. The number of benzene rings is 3. The topological polar surface area (TPSA) is 86.8 Å². The fraction of sp³-hybridized carbons (Fsp3) is 0.286. The molecule has 2 amide bonds. The van der Waals surface area contributed by atoms with Crippen LogP contribution in [0.15, 0.2) is 77.3 Å². The van der Waals surface area contributed by atoms with Crippen LogP contribution in [-0.2, 0) is 32.6 Å². The van der Waals surface area contributed by atoms with E-state index < -0.39 is 28.5 Å². The van der Waals surface area contributed by atoms with E-state index in [4.69, 9.17) is 0 Å². The molecule has 0 spiro atoms. The molecule has 0 radical (unpaired) electrons. The van der Waals surface area contributed by atoms with Gasteiger partial charge in [-0.15, -0.1) is 0 Å². The molecule has 0 aliphatic heterocycles. The predicted octanol–water partition coefficient (Wildman–Crippen LogP) is 4.22. The monoisotopic (exact) mass is 585 g/mol. The first-order valence-electron chi connectivity index (χ1n) is 11.8. The summed E-state index contributed by atoms with van der Waals surface area (Å²) in [5.41, 5.74) is 4.03. The number of carbonyl (C=O) groups is 2. The molecule has 0 aliphatic rings. The Morgan fingerprint density at radius 3 is 2.19 bits per heavy atom. The molecule has 0 heterocycles. The normalized spacial score (nSPS) is 12.0. The van der Waals surface area contributed by atoms with E-state index in [0.29, 0.717) is 5.69 Å². The number of amides is 2. The minimum absolute atomic E-state index is 0.133. The van der Waals surface area contributed by atoms with E-state index in [1.165, 1.54) is 11.9 Å². The van der Waals surface area contributed by atoms with Crippen LogP contribution in [0.1, 0.15) is 22.3 Å². The van der Waals surface area contributed by atoms with Gasteiger partial charge in [-0.1, -0.05) is 64.5 Å². The molecule has 7 nitrogen and oxygen atoms in total. The van der Waals surface area contributed by atoms with E-state index in [1.807, 2.05) is 74.5 Å². The van der Waals surface area contributed by atoms with Crippen molar-refractivity contribution in [2.75, 3.05) is 24.2 Å². The van der Waals surface area contributed by atoms with Gasteiger partial charge < -0.3 is 10.2 Å². The fourth-order valence-corrected chi connectivity index (χ4v) is 5.34. The lowest BCUT2D eigenvalue weighted by Crippen LogP contribution is -2.52. The molecule has 0 fully saturated rings. The van der Waals surface area contributed by atoms with Crippen molar-refractivity contribution in [2.24, 2.45) is 0 Å². The van der Waals surface area contributed by atoms with Crippen molar-refractivity contribution in [3.8, 4) is 0 Å². The summed E-state index contributed by atoms with van der Waals surface area (Å²) in [5, 5.41) is 2.67. The molecule has 3 rings (SSSR count). The van der Waals surface area contributed by atoms with Gasteiger partial charge in [0.1, 0.15) is 12.6 Å². The Morgan fingerprint density at radius 1 is 0.919 bits per heavy atom. The van der Waals surface area contributed by atoms with Crippen LogP contribution < -0.4 is 9.62 Å². The molecule has 3 aromatic carbocycles. The minimum Gasteiger partial charge on any atom is -0.357 e. The van der Waals surface area contributed by atoms with Gasteiger partial charge in [0.15, 0.2) is 0 Å². The Hall–Kier alpha value is -3.17. The Kier molecular flexibility index (Phi) is 9.50. The van der Waals surface area contributed by atoms with Crippen molar-refractivity contribution in [3.05, 3.63) is 99.5 Å². The van der Waals surface area contributed by atoms with Gasteiger partial charge >= 0.3 is 0 Å². The smallest absolute Gasteiger partial charge is 0.244 e. The maximum atomic E-state index is 13.9. The van der Waals surface area contributed by atoms with E-state index in [-0.39, 0.29) is 18.9 Å². The van der Waals surface area contributed by atoms with Gasteiger partial charge in [0, 0.05) is 24.5 Å². The molecule has 1 unspecified atom stereocenters. The third-order valence-electron chi connectivity index (χ3n) is 6.22. The second-order valence-corrected chi connectivity index (χ2v) is 11.8. The number of sulfonamides is 1. The summed E-state index contributed by atoms with van der Waals surface area (Å²) in [6.07, 6.45) is 1.36. The Bertz CT molecular complexity index is 1360. The first-order valence-corrected chi connectivity index (χ1v) is 14.5. The van der Waals surface area contributed by atoms with Gasteiger partial charge in [0.05, 0.1) is 11.9 Å². The van der Waals surface area contributed by atoms with Crippen molar-refractivity contribution >= 4 is 43.5 Å². The number of aryl methyl sites for hydroxylation is 2. The number of hydrogen-bond acceptors (Lipinski definition) is 4. The van der Waals surface area contributed by atoms with Gasteiger partial charge in [-0.3, -0.25) is 13.9 Å². The highest BCUT2D eigenvalue weighted by Crippen LogP contribution is 2.23. The minimum atomic E-state index is -3.79. The molecule has 3 aromatic rings. The van der Waals surface area contributed by atoms with E-state index in [9.17, 15) is 18.0 Å². The molecule has 1 N–H and O–H groups in total. The number of carbonyl (C=O) groups excluding carboxylic acids is 2. The Balaban J connectivity index is 2.04. The van der Waals surface area contributed by atoms with E-state index >= 15 is 0 Å². The SMILES string of the molecule is CNC(=O)C(Cc1ccccc1)N(Cc1cccc(Br)c1)C(=O)CN(c1ccc(C)c(C)c1)S(C)(=O)=O. The predicted molar refractivity (Wildman–Crippen MR) is 151 cm³/mol. The number of halogens is 1. The number of likely N-dealkylation sites (N-methyl/N-ethyl adjacent to an activating group) is 1. The molecule has 37 heavy (non-hydrogen) atoms. The highest BCUT2D eigenvalue weighted by Gasteiger charge is 2.32. The number of nitrogens with zero attached hydrogens (tertiary/aromatic N) is 2. The first-order chi connectivity index (χ1) is 17.5. The van der Waals surface area contributed by atoms with Gasteiger partial charge in [-0.25, -0.2) is 8.42 Å². The summed E-state index contributed by atoms with van der Waals surface area (Å²) >= 11 is 3.46.